The molecule has 4 nitrogen and oxygen atoms in total. The van der Waals surface area contributed by atoms with Gasteiger partial charge in [0.2, 0.25) is 5.91 Å². The zero-order valence-electron chi connectivity index (χ0n) is 11.6. The van der Waals surface area contributed by atoms with Crippen LogP contribution in [0.15, 0.2) is 42.7 Å². The quantitative estimate of drug-likeness (QED) is 0.818. The maximum Gasteiger partial charge on any atom is 0.220 e. The van der Waals surface area contributed by atoms with Crippen molar-refractivity contribution in [1.29, 1.82) is 0 Å². The largest absolute Gasteiger partial charge is 0.399 e. The lowest BCUT2D eigenvalue weighted by Gasteiger charge is -2.07. The Bertz CT molecular complexity index is 596. The van der Waals surface area contributed by atoms with Crippen molar-refractivity contribution in [3.05, 3.63) is 59.4 Å². The Labute approximate surface area is 119 Å². The van der Waals surface area contributed by atoms with Crippen molar-refractivity contribution in [2.24, 2.45) is 0 Å². The normalized spacial score (nSPS) is 10.2. The number of aromatic nitrogens is 1. The molecule has 2 aromatic rings. The first-order valence-electron chi connectivity index (χ1n) is 6.66. The van der Waals surface area contributed by atoms with E-state index in [0.29, 0.717) is 19.4 Å². The van der Waals surface area contributed by atoms with Crippen LogP contribution in [0.1, 0.15) is 23.1 Å². The number of amides is 1. The first-order valence-corrected chi connectivity index (χ1v) is 6.66. The molecule has 0 saturated heterocycles. The minimum atomic E-state index is 0.0377. The van der Waals surface area contributed by atoms with E-state index in [0.717, 1.165) is 22.4 Å². The summed E-state index contributed by atoms with van der Waals surface area (Å²) in [5.74, 6) is 0.0377. The van der Waals surface area contributed by atoms with E-state index in [9.17, 15) is 4.79 Å². The van der Waals surface area contributed by atoms with Crippen molar-refractivity contribution in [2.45, 2.75) is 26.3 Å². The smallest absolute Gasteiger partial charge is 0.220 e. The van der Waals surface area contributed by atoms with E-state index in [1.54, 1.807) is 12.4 Å². The van der Waals surface area contributed by atoms with Gasteiger partial charge in [-0.3, -0.25) is 9.78 Å². The number of aryl methyl sites for hydroxylation is 2. The van der Waals surface area contributed by atoms with E-state index in [2.05, 4.69) is 10.3 Å². The molecule has 2 rings (SSSR count). The summed E-state index contributed by atoms with van der Waals surface area (Å²) in [4.78, 5) is 15.9. The monoisotopic (exact) mass is 269 g/mol. The molecule has 1 heterocycles. The van der Waals surface area contributed by atoms with Crippen LogP contribution >= 0.6 is 0 Å². The molecule has 104 valence electrons. The number of anilines is 1. The number of nitrogen functional groups attached to an aromatic ring is 1. The summed E-state index contributed by atoms with van der Waals surface area (Å²) in [5, 5.41) is 2.91. The summed E-state index contributed by atoms with van der Waals surface area (Å²) in [6, 6.07) is 9.57. The fraction of sp³-hybridized carbons (Fsp3) is 0.250. The van der Waals surface area contributed by atoms with Gasteiger partial charge in [0.05, 0.1) is 0 Å². The molecule has 20 heavy (non-hydrogen) atoms. The average molecular weight is 269 g/mol. The van der Waals surface area contributed by atoms with E-state index in [4.69, 9.17) is 5.73 Å². The Kier molecular flexibility index (Phi) is 4.71. The van der Waals surface area contributed by atoms with Crippen LogP contribution in [0.3, 0.4) is 0 Å². The second-order valence-corrected chi connectivity index (χ2v) is 4.82. The third kappa shape index (κ3) is 4.09. The van der Waals surface area contributed by atoms with Gasteiger partial charge < -0.3 is 11.1 Å². The van der Waals surface area contributed by atoms with Gasteiger partial charge in [0, 0.05) is 31.0 Å². The number of benzene rings is 1. The lowest BCUT2D eigenvalue weighted by atomic mass is 10.1. The van der Waals surface area contributed by atoms with Gasteiger partial charge in [-0.05, 0) is 48.2 Å². The fourth-order valence-corrected chi connectivity index (χ4v) is 1.97. The Morgan fingerprint density at radius 3 is 2.95 bits per heavy atom. The van der Waals surface area contributed by atoms with Crippen LogP contribution in [0.4, 0.5) is 5.69 Å². The van der Waals surface area contributed by atoms with Crippen molar-refractivity contribution in [3.63, 3.8) is 0 Å². The van der Waals surface area contributed by atoms with Crippen LogP contribution in [0.25, 0.3) is 0 Å². The molecule has 0 saturated carbocycles. The summed E-state index contributed by atoms with van der Waals surface area (Å²) in [6.07, 6.45) is 4.69. The summed E-state index contributed by atoms with van der Waals surface area (Å²) in [7, 11) is 0. The third-order valence-corrected chi connectivity index (χ3v) is 3.22. The van der Waals surface area contributed by atoms with E-state index in [1.807, 2.05) is 37.3 Å². The standard InChI is InChI=1S/C16H19N3O/c1-12-7-8-18-10-14(12)11-19-16(20)6-5-13-3-2-4-15(17)9-13/h2-4,7-10H,5-6,11,17H2,1H3,(H,19,20). The number of carbonyl (C=O) groups is 1. The first-order chi connectivity index (χ1) is 9.65. The van der Waals surface area contributed by atoms with Gasteiger partial charge in [-0.2, -0.15) is 0 Å². The molecule has 1 aromatic carbocycles. The number of hydrogen-bond acceptors (Lipinski definition) is 3. The van der Waals surface area contributed by atoms with E-state index in [-0.39, 0.29) is 5.91 Å². The second-order valence-electron chi connectivity index (χ2n) is 4.82. The number of nitrogens with zero attached hydrogens (tertiary/aromatic N) is 1. The van der Waals surface area contributed by atoms with Crippen molar-refractivity contribution in [3.8, 4) is 0 Å². The first kappa shape index (κ1) is 14.1. The Morgan fingerprint density at radius 2 is 2.20 bits per heavy atom. The molecule has 0 fully saturated rings. The SMILES string of the molecule is Cc1ccncc1CNC(=O)CCc1cccc(N)c1. The fourth-order valence-electron chi connectivity index (χ4n) is 1.97. The summed E-state index contributed by atoms with van der Waals surface area (Å²) >= 11 is 0. The molecule has 3 N–H and O–H groups in total. The second kappa shape index (κ2) is 6.70. The highest BCUT2D eigenvalue weighted by molar-refractivity contribution is 5.76. The molecular formula is C16H19N3O. The van der Waals surface area contributed by atoms with Gasteiger partial charge in [-0.15, -0.1) is 0 Å². The molecule has 1 aromatic heterocycles. The molecule has 0 aliphatic carbocycles. The van der Waals surface area contributed by atoms with Crippen molar-refractivity contribution < 1.29 is 4.79 Å². The van der Waals surface area contributed by atoms with Crippen LogP contribution in [0.2, 0.25) is 0 Å². The molecule has 0 aliphatic heterocycles. The minimum absolute atomic E-state index is 0.0377. The van der Waals surface area contributed by atoms with Crippen LogP contribution in [0, 0.1) is 6.92 Å². The lowest BCUT2D eigenvalue weighted by Crippen LogP contribution is -2.23. The highest BCUT2D eigenvalue weighted by Gasteiger charge is 2.04. The van der Waals surface area contributed by atoms with E-state index in [1.165, 1.54) is 0 Å². The molecule has 0 bridgehead atoms. The maximum atomic E-state index is 11.8. The number of hydrogen-bond donors (Lipinski definition) is 2. The molecule has 0 aliphatic rings. The van der Waals surface area contributed by atoms with Crippen LogP contribution in [0.5, 0.6) is 0 Å². The molecular weight excluding hydrogens is 250 g/mol. The number of carbonyl (C=O) groups excluding carboxylic acids is 1. The maximum absolute atomic E-state index is 11.8. The van der Waals surface area contributed by atoms with Crippen LogP contribution in [-0.4, -0.2) is 10.9 Å². The van der Waals surface area contributed by atoms with Gasteiger partial charge in [0.1, 0.15) is 0 Å². The number of pyridine rings is 1. The summed E-state index contributed by atoms with van der Waals surface area (Å²) in [5.41, 5.74) is 9.70. The molecule has 4 heteroatoms. The van der Waals surface area contributed by atoms with Crippen LogP contribution < -0.4 is 11.1 Å². The predicted molar refractivity (Wildman–Crippen MR) is 80.0 cm³/mol. The Hall–Kier alpha value is -2.36. The average Bonchev–Trinajstić information content (AvgIpc) is 2.44. The molecule has 0 atom stereocenters. The molecule has 0 unspecified atom stereocenters. The van der Waals surface area contributed by atoms with Crippen molar-refractivity contribution in [2.75, 3.05) is 5.73 Å². The molecule has 0 spiro atoms. The summed E-state index contributed by atoms with van der Waals surface area (Å²) in [6.45, 7) is 2.53. The third-order valence-electron chi connectivity index (χ3n) is 3.22. The van der Waals surface area contributed by atoms with Crippen molar-refractivity contribution >= 4 is 11.6 Å². The van der Waals surface area contributed by atoms with E-state index < -0.39 is 0 Å². The number of rotatable bonds is 5. The predicted octanol–water partition coefficient (Wildman–Crippen LogP) is 2.22. The van der Waals surface area contributed by atoms with Crippen LogP contribution in [-0.2, 0) is 17.8 Å². The Balaban J connectivity index is 1.80. The van der Waals surface area contributed by atoms with Gasteiger partial charge in [-0.1, -0.05) is 12.1 Å². The number of nitrogens with one attached hydrogen (secondary N) is 1. The number of nitrogens with two attached hydrogens (primary N) is 1. The highest BCUT2D eigenvalue weighted by Crippen LogP contribution is 2.09. The Morgan fingerprint density at radius 1 is 1.35 bits per heavy atom. The van der Waals surface area contributed by atoms with Gasteiger partial charge in [0.15, 0.2) is 0 Å². The lowest BCUT2D eigenvalue weighted by molar-refractivity contribution is -0.121. The molecule has 1 amide bonds. The zero-order valence-corrected chi connectivity index (χ0v) is 11.6. The van der Waals surface area contributed by atoms with Gasteiger partial charge in [0.25, 0.3) is 0 Å². The van der Waals surface area contributed by atoms with E-state index >= 15 is 0 Å². The molecule has 0 radical (unpaired) electrons. The topological polar surface area (TPSA) is 68.0 Å². The minimum Gasteiger partial charge on any atom is -0.399 e. The zero-order chi connectivity index (χ0) is 14.4. The highest BCUT2D eigenvalue weighted by atomic mass is 16.1. The summed E-state index contributed by atoms with van der Waals surface area (Å²) < 4.78 is 0. The van der Waals surface area contributed by atoms with Crippen molar-refractivity contribution in [1.82, 2.24) is 10.3 Å². The van der Waals surface area contributed by atoms with Gasteiger partial charge in [-0.25, -0.2) is 0 Å². The van der Waals surface area contributed by atoms with Gasteiger partial charge >= 0.3 is 0 Å².